The predicted octanol–water partition coefficient (Wildman–Crippen LogP) is 4.47. The van der Waals surface area contributed by atoms with Crippen LogP contribution in [0.3, 0.4) is 0 Å². The first kappa shape index (κ1) is 17.7. The summed E-state index contributed by atoms with van der Waals surface area (Å²) in [5.74, 6) is 0.482. The van der Waals surface area contributed by atoms with Gasteiger partial charge in [-0.25, -0.2) is 4.39 Å². The second-order valence-electron chi connectivity index (χ2n) is 8.14. The fraction of sp³-hybridized carbons (Fsp3) is 0.435. The quantitative estimate of drug-likeness (QED) is 0.788. The lowest BCUT2D eigenvalue weighted by Gasteiger charge is -2.25. The Kier molecular flexibility index (Phi) is 4.35. The lowest BCUT2D eigenvalue weighted by molar-refractivity contribution is 0.0984. The van der Waals surface area contributed by atoms with Crippen molar-refractivity contribution in [1.82, 2.24) is 0 Å². The molecule has 146 valence electrons. The van der Waals surface area contributed by atoms with Crippen LogP contribution in [0.4, 0.5) is 10.1 Å². The number of carbonyl (C=O) groups excluding carboxylic acids is 1. The summed E-state index contributed by atoms with van der Waals surface area (Å²) < 4.78 is 25.9. The van der Waals surface area contributed by atoms with Crippen LogP contribution in [0.15, 0.2) is 42.5 Å². The van der Waals surface area contributed by atoms with Crippen molar-refractivity contribution in [3.63, 3.8) is 0 Å². The number of hydrogen-bond acceptors (Lipinski definition) is 3. The molecule has 1 atom stereocenters. The van der Waals surface area contributed by atoms with E-state index in [0.717, 1.165) is 55.7 Å². The Hall–Kier alpha value is -2.40. The summed E-state index contributed by atoms with van der Waals surface area (Å²) in [6, 6.07) is 12.4. The summed E-state index contributed by atoms with van der Waals surface area (Å²) >= 11 is 0. The third kappa shape index (κ3) is 2.89. The Labute approximate surface area is 164 Å². The van der Waals surface area contributed by atoms with Crippen molar-refractivity contribution in [3.8, 4) is 5.75 Å². The second kappa shape index (κ2) is 6.89. The van der Waals surface area contributed by atoms with E-state index in [1.54, 1.807) is 23.1 Å². The number of rotatable bonds is 3. The van der Waals surface area contributed by atoms with E-state index in [0.29, 0.717) is 18.7 Å². The van der Waals surface area contributed by atoms with E-state index in [1.807, 2.05) is 18.2 Å². The van der Waals surface area contributed by atoms with Gasteiger partial charge in [-0.05, 0) is 49.2 Å². The lowest BCUT2D eigenvalue weighted by atomic mass is 9.80. The Bertz CT molecular complexity index is 883. The van der Waals surface area contributed by atoms with Crippen LogP contribution < -0.4 is 9.64 Å². The van der Waals surface area contributed by atoms with Gasteiger partial charge in [0.05, 0.1) is 18.9 Å². The van der Waals surface area contributed by atoms with Gasteiger partial charge >= 0.3 is 0 Å². The molecule has 2 heterocycles. The molecule has 0 radical (unpaired) electrons. The standard InChI is InChI=1S/C23H24FNO3/c24-19-4-3-5-20-21(19)23(11-1-2-12-23)15-25(20)22(26)16-6-8-17(9-7-16)28-18-10-13-27-14-18/h3-9,18H,1-2,10-15H2. The molecule has 0 N–H and O–H groups in total. The van der Waals surface area contributed by atoms with Gasteiger partial charge in [0.1, 0.15) is 17.7 Å². The molecule has 3 aliphatic rings. The third-order valence-corrected chi connectivity index (χ3v) is 6.37. The minimum atomic E-state index is -0.220. The van der Waals surface area contributed by atoms with Crippen LogP contribution in [-0.4, -0.2) is 31.8 Å². The summed E-state index contributed by atoms with van der Waals surface area (Å²) in [7, 11) is 0. The van der Waals surface area contributed by atoms with Crippen molar-refractivity contribution in [2.45, 2.75) is 43.6 Å². The van der Waals surface area contributed by atoms with Crippen LogP contribution in [0.25, 0.3) is 0 Å². The summed E-state index contributed by atoms with van der Waals surface area (Å²) in [6.45, 7) is 1.91. The Morgan fingerprint density at radius 3 is 2.64 bits per heavy atom. The fourth-order valence-corrected chi connectivity index (χ4v) is 5.00. The largest absolute Gasteiger partial charge is 0.488 e. The zero-order valence-corrected chi connectivity index (χ0v) is 15.8. The van der Waals surface area contributed by atoms with Crippen molar-refractivity contribution in [2.75, 3.05) is 24.7 Å². The van der Waals surface area contributed by atoms with Crippen LogP contribution in [0, 0.1) is 5.82 Å². The van der Waals surface area contributed by atoms with Crippen LogP contribution in [0.1, 0.15) is 48.0 Å². The first-order chi connectivity index (χ1) is 13.7. The molecule has 2 aromatic rings. The molecule has 1 amide bonds. The SMILES string of the molecule is O=C(c1ccc(OC2CCOC2)cc1)N1CC2(CCCC2)c2c(F)cccc21. The van der Waals surface area contributed by atoms with Gasteiger partial charge in [-0.2, -0.15) is 0 Å². The highest BCUT2D eigenvalue weighted by Crippen LogP contribution is 2.51. The maximum absolute atomic E-state index is 14.7. The first-order valence-corrected chi connectivity index (χ1v) is 10.1. The second-order valence-corrected chi connectivity index (χ2v) is 8.14. The number of halogens is 1. The molecular weight excluding hydrogens is 357 g/mol. The smallest absolute Gasteiger partial charge is 0.258 e. The van der Waals surface area contributed by atoms with Crippen molar-refractivity contribution in [1.29, 1.82) is 0 Å². The average molecular weight is 381 g/mol. The van der Waals surface area contributed by atoms with Gasteiger partial charge in [-0.15, -0.1) is 0 Å². The summed E-state index contributed by atoms with van der Waals surface area (Å²) in [4.78, 5) is 15.0. The number of carbonyl (C=O) groups is 1. The number of ether oxygens (including phenoxy) is 2. The summed E-state index contributed by atoms with van der Waals surface area (Å²) in [5, 5.41) is 0. The number of fused-ring (bicyclic) bond motifs is 2. The minimum Gasteiger partial charge on any atom is -0.488 e. The molecule has 4 nitrogen and oxygen atoms in total. The Morgan fingerprint density at radius 2 is 1.93 bits per heavy atom. The number of benzene rings is 2. The predicted molar refractivity (Wildman–Crippen MR) is 105 cm³/mol. The van der Waals surface area contributed by atoms with Gasteiger partial charge in [0.2, 0.25) is 0 Å². The first-order valence-electron chi connectivity index (χ1n) is 10.1. The average Bonchev–Trinajstić information content (AvgIpc) is 3.45. The van der Waals surface area contributed by atoms with Crippen molar-refractivity contribution in [2.24, 2.45) is 0 Å². The van der Waals surface area contributed by atoms with Gasteiger partial charge in [0.25, 0.3) is 5.91 Å². The minimum absolute atomic E-state index is 0.0774. The highest BCUT2D eigenvalue weighted by molar-refractivity contribution is 6.07. The molecule has 2 fully saturated rings. The molecule has 0 aromatic heterocycles. The molecule has 1 aliphatic carbocycles. The highest BCUT2D eigenvalue weighted by Gasteiger charge is 2.48. The number of nitrogens with zero attached hydrogens (tertiary/aromatic N) is 1. The van der Waals surface area contributed by atoms with E-state index in [-0.39, 0.29) is 23.2 Å². The molecule has 2 aliphatic heterocycles. The normalized spacial score (nSPS) is 22.6. The third-order valence-electron chi connectivity index (χ3n) is 6.37. The molecule has 1 unspecified atom stereocenters. The Balaban J connectivity index is 1.40. The summed E-state index contributed by atoms with van der Waals surface area (Å²) in [5.41, 5.74) is 1.85. The van der Waals surface area contributed by atoms with Crippen molar-refractivity contribution >= 4 is 11.6 Å². The highest BCUT2D eigenvalue weighted by atomic mass is 19.1. The molecule has 2 aromatic carbocycles. The maximum atomic E-state index is 14.7. The zero-order valence-electron chi connectivity index (χ0n) is 15.8. The lowest BCUT2D eigenvalue weighted by Crippen LogP contribution is -2.35. The van der Waals surface area contributed by atoms with Crippen LogP contribution in [0.5, 0.6) is 5.75 Å². The number of amides is 1. The molecule has 5 heteroatoms. The van der Waals surface area contributed by atoms with Gasteiger partial charge < -0.3 is 14.4 Å². The van der Waals surface area contributed by atoms with E-state index >= 15 is 0 Å². The van der Waals surface area contributed by atoms with E-state index in [9.17, 15) is 9.18 Å². The fourth-order valence-electron chi connectivity index (χ4n) is 5.00. The van der Waals surface area contributed by atoms with E-state index < -0.39 is 0 Å². The topological polar surface area (TPSA) is 38.8 Å². The number of hydrogen-bond donors (Lipinski definition) is 0. The van der Waals surface area contributed by atoms with Crippen LogP contribution in [0.2, 0.25) is 0 Å². The monoisotopic (exact) mass is 381 g/mol. The van der Waals surface area contributed by atoms with E-state index in [2.05, 4.69) is 0 Å². The van der Waals surface area contributed by atoms with Crippen molar-refractivity contribution in [3.05, 3.63) is 59.4 Å². The number of anilines is 1. The Morgan fingerprint density at radius 1 is 1.14 bits per heavy atom. The molecule has 1 saturated carbocycles. The molecule has 28 heavy (non-hydrogen) atoms. The zero-order chi connectivity index (χ0) is 19.1. The van der Waals surface area contributed by atoms with Gasteiger partial charge in [0, 0.05) is 29.5 Å². The molecule has 1 saturated heterocycles. The van der Waals surface area contributed by atoms with Crippen molar-refractivity contribution < 1.29 is 18.7 Å². The van der Waals surface area contributed by atoms with Crippen LogP contribution >= 0.6 is 0 Å². The molecular formula is C23H24FNO3. The van der Waals surface area contributed by atoms with Gasteiger partial charge in [-0.1, -0.05) is 18.9 Å². The maximum Gasteiger partial charge on any atom is 0.258 e. The molecule has 5 rings (SSSR count). The van der Waals surface area contributed by atoms with Gasteiger partial charge in [-0.3, -0.25) is 4.79 Å². The molecule has 0 bridgehead atoms. The van der Waals surface area contributed by atoms with E-state index in [1.165, 1.54) is 6.07 Å². The van der Waals surface area contributed by atoms with E-state index in [4.69, 9.17) is 9.47 Å². The molecule has 1 spiro atoms. The van der Waals surface area contributed by atoms with Gasteiger partial charge in [0.15, 0.2) is 0 Å². The summed E-state index contributed by atoms with van der Waals surface area (Å²) in [6.07, 6.45) is 5.04. The van der Waals surface area contributed by atoms with Crippen LogP contribution in [-0.2, 0) is 10.2 Å².